The van der Waals surface area contributed by atoms with Gasteiger partial charge >= 0.3 is 0 Å². The molecule has 1 aromatic carbocycles. The number of nitrogens with zero attached hydrogens (tertiary/aromatic N) is 4. The number of nitriles is 1. The Kier molecular flexibility index (Phi) is 6.41. The minimum atomic E-state index is -0.0105. The monoisotopic (exact) mass is 381 g/mol. The smallest absolute Gasteiger partial charge is 0.158 e. The number of nitrogens with one attached hydrogen (secondary N) is 3. The van der Waals surface area contributed by atoms with Gasteiger partial charge in [0.15, 0.2) is 5.69 Å². The van der Waals surface area contributed by atoms with Gasteiger partial charge in [0.2, 0.25) is 0 Å². The molecule has 3 rings (SSSR count). The lowest BCUT2D eigenvalue weighted by Gasteiger charge is -2.22. The number of ether oxygens (including phenoxy) is 1. The molecule has 0 saturated carbocycles. The van der Waals surface area contributed by atoms with Crippen LogP contribution in [0.5, 0.6) is 5.75 Å². The molecule has 1 fully saturated rings. The van der Waals surface area contributed by atoms with Crippen LogP contribution in [0.1, 0.15) is 43.1 Å². The van der Waals surface area contributed by atoms with Crippen LogP contribution >= 0.6 is 0 Å². The van der Waals surface area contributed by atoms with Crippen LogP contribution in [-0.2, 0) is 6.54 Å². The summed E-state index contributed by atoms with van der Waals surface area (Å²) in [7, 11) is 3.83. The van der Waals surface area contributed by atoms with Gasteiger partial charge in [-0.1, -0.05) is 12.1 Å². The molecule has 28 heavy (non-hydrogen) atoms. The first-order valence-electron chi connectivity index (χ1n) is 9.37. The van der Waals surface area contributed by atoms with Gasteiger partial charge in [0.25, 0.3) is 0 Å². The van der Waals surface area contributed by atoms with Crippen LogP contribution in [0.4, 0.5) is 5.82 Å². The highest BCUT2D eigenvalue weighted by Gasteiger charge is 2.27. The van der Waals surface area contributed by atoms with Crippen LogP contribution in [-0.4, -0.2) is 41.2 Å². The number of methoxy groups -OCH3 is 1. The van der Waals surface area contributed by atoms with Crippen molar-refractivity contribution in [2.45, 2.75) is 45.1 Å². The molecule has 0 aliphatic carbocycles. The Morgan fingerprint density at radius 3 is 2.79 bits per heavy atom. The van der Waals surface area contributed by atoms with E-state index < -0.39 is 0 Å². The van der Waals surface area contributed by atoms with Crippen molar-refractivity contribution in [1.82, 2.24) is 25.7 Å². The van der Waals surface area contributed by atoms with Crippen LogP contribution in [0.3, 0.4) is 0 Å². The van der Waals surface area contributed by atoms with Crippen molar-refractivity contribution in [3.05, 3.63) is 47.4 Å². The van der Waals surface area contributed by atoms with E-state index >= 15 is 0 Å². The molecule has 1 aliphatic heterocycles. The molecule has 2 heterocycles. The van der Waals surface area contributed by atoms with Crippen molar-refractivity contribution in [3.8, 4) is 11.8 Å². The predicted octanol–water partition coefficient (Wildman–Crippen LogP) is 2.17. The third-order valence-electron chi connectivity index (χ3n) is 4.98. The maximum Gasteiger partial charge on any atom is 0.158 e. The topological polar surface area (TPSA) is 98.1 Å². The van der Waals surface area contributed by atoms with Gasteiger partial charge in [-0.05, 0) is 32.5 Å². The van der Waals surface area contributed by atoms with Gasteiger partial charge in [0.05, 0.1) is 31.7 Å². The number of rotatable bonds is 7. The van der Waals surface area contributed by atoms with Gasteiger partial charge in [0, 0.05) is 24.6 Å². The third-order valence-corrected chi connectivity index (χ3v) is 4.98. The molecule has 0 amide bonds. The molecule has 0 spiro atoms. The fourth-order valence-electron chi connectivity index (χ4n) is 3.11. The molecule has 8 nitrogen and oxygen atoms in total. The maximum absolute atomic E-state index is 8.81. The van der Waals surface area contributed by atoms with E-state index in [-0.39, 0.29) is 12.2 Å². The first-order valence-corrected chi connectivity index (χ1v) is 9.37. The van der Waals surface area contributed by atoms with Crippen LogP contribution in [0.2, 0.25) is 0 Å². The summed E-state index contributed by atoms with van der Waals surface area (Å²) in [5.74, 6) is 1.51. The fourth-order valence-corrected chi connectivity index (χ4v) is 3.11. The molecule has 2 atom stereocenters. The number of benzene rings is 1. The number of hydrogen-bond acceptors (Lipinski definition) is 8. The number of anilines is 1. The van der Waals surface area contributed by atoms with Gasteiger partial charge in [-0.3, -0.25) is 4.90 Å². The van der Waals surface area contributed by atoms with E-state index in [9.17, 15) is 0 Å². The second-order valence-electron chi connectivity index (χ2n) is 7.26. The third kappa shape index (κ3) is 4.75. The lowest BCUT2D eigenvalue weighted by molar-refractivity contribution is 0.265. The van der Waals surface area contributed by atoms with Crippen molar-refractivity contribution in [1.29, 1.82) is 5.26 Å². The zero-order valence-electron chi connectivity index (χ0n) is 16.7. The van der Waals surface area contributed by atoms with E-state index in [0.29, 0.717) is 17.6 Å². The Balaban J connectivity index is 1.65. The number of hydrazine groups is 1. The molecule has 1 aliphatic rings. The van der Waals surface area contributed by atoms with Crippen LogP contribution in [0, 0.1) is 11.3 Å². The molecular formula is C20H27N7O. The minimum Gasteiger partial charge on any atom is -0.496 e. The fraction of sp³-hybridized carbons (Fsp3) is 0.450. The normalized spacial score (nSPS) is 19.0. The molecule has 8 heteroatoms. The minimum absolute atomic E-state index is 0.0105. The van der Waals surface area contributed by atoms with Gasteiger partial charge in [-0.25, -0.2) is 20.8 Å². The van der Waals surface area contributed by atoms with E-state index in [2.05, 4.69) is 70.1 Å². The quantitative estimate of drug-likeness (QED) is 0.671. The highest BCUT2D eigenvalue weighted by atomic mass is 16.5. The van der Waals surface area contributed by atoms with Crippen molar-refractivity contribution >= 4 is 5.82 Å². The first kappa shape index (κ1) is 20.0. The summed E-state index contributed by atoms with van der Waals surface area (Å²) in [5, 5.41) is 12.1. The summed E-state index contributed by atoms with van der Waals surface area (Å²) in [5.41, 5.74) is 9.19. The molecule has 2 aromatic rings. The van der Waals surface area contributed by atoms with Crippen molar-refractivity contribution < 1.29 is 4.74 Å². The zero-order chi connectivity index (χ0) is 20.1. The standard InChI is InChI=1S/C20H27N7O/c1-13(2)27(3)12-14-5-6-16(18(7-14)28-4)17-8-19(26-25-17)24-20-11-22-15(9-21)10-23-20/h5-7,10-11,13,17,19,25-26H,8,12H2,1-4H3,(H,23,24). The Morgan fingerprint density at radius 1 is 1.32 bits per heavy atom. The maximum atomic E-state index is 8.81. The molecule has 0 bridgehead atoms. The molecule has 1 aromatic heterocycles. The van der Waals surface area contributed by atoms with Crippen LogP contribution < -0.4 is 20.9 Å². The summed E-state index contributed by atoms with van der Waals surface area (Å²) in [6, 6.07) is 8.96. The largest absolute Gasteiger partial charge is 0.496 e. The Bertz CT molecular complexity index is 831. The molecule has 2 unspecified atom stereocenters. The number of aromatic nitrogens is 2. The molecule has 3 N–H and O–H groups in total. The van der Waals surface area contributed by atoms with E-state index in [4.69, 9.17) is 10.00 Å². The lowest BCUT2D eigenvalue weighted by Crippen LogP contribution is -2.36. The van der Waals surface area contributed by atoms with Gasteiger partial charge in [0.1, 0.15) is 17.6 Å². The van der Waals surface area contributed by atoms with E-state index in [0.717, 1.165) is 24.3 Å². The summed E-state index contributed by atoms with van der Waals surface area (Å²) in [6.07, 6.45) is 3.82. The second-order valence-corrected chi connectivity index (χ2v) is 7.26. The van der Waals surface area contributed by atoms with Crippen molar-refractivity contribution in [2.75, 3.05) is 19.5 Å². The van der Waals surface area contributed by atoms with E-state index in [1.807, 2.05) is 6.07 Å². The SMILES string of the molecule is COc1cc(CN(C)C(C)C)ccc1C1CC(Nc2cnc(C#N)cn2)NN1. The highest BCUT2D eigenvalue weighted by molar-refractivity contribution is 5.41. The van der Waals surface area contributed by atoms with Gasteiger partial charge in [-0.15, -0.1) is 0 Å². The number of hydrogen-bond donors (Lipinski definition) is 3. The summed E-state index contributed by atoms with van der Waals surface area (Å²) in [6.45, 7) is 5.25. The molecule has 148 valence electrons. The Morgan fingerprint density at radius 2 is 2.14 bits per heavy atom. The van der Waals surface area contributed by atoms with Gasteiger partial charge in [-0.2, -0.15) is 5.26 Å². The first-order chi connectivity index (χ1) is 13.5. The summed E-state index contributed by atoms with van der Waals surface area (Å²) in [4.78, 5) is 10.5. The lowest BCUT2D eigenvalue weighted by atomic mass is 10.0. The second kappa shape index (κ2) is 8.97. The van der Waals surface area contributed by atoms with E-state index in [1.54, 1.807) is 13.3 Å². The molecule has 1 saturated heterocycles. The summed E-state index contributed by atoms with van der Waals surface area (Å²) < 4.78 is 5.66. The highest BCUT2D eigenvalue weighted by Crippen LogP contribution is 2.31. The average Bonchev–Trinajstić information content (AvgIpc) is 3.16. The van der Waals surface area contributed by atoms with Gasteiger partial charge < -0.3 is 10.1 Å². The molecule has 0 radical (unpaired) electrons. The van der Waals surface area contributed by atoms with E-state index in [1.165, 1.54) is 11.8 Å². The van der Waals surface area contributed by atoms with Crippen LogP contribution in [0.15, 0.2) is 30.6 Å². The Hall–Kier alpha value is -2.73. The van der Waals surface area contributed by atoms with Crippen molar-refractivity contribution in [3.63, 3.8) is 0 Å². The average molecular weight is 381 g/mol. The summed E-state index contributed by atoms with van der Waals surface area (Å²) >= 11 is 0. The zero-order valence-corrected chi connectivity index (χ0v) is 16.7. The van der Waals surface area contributed by atoms with Crippen LogP contribution in [0.25, 0.3) is 0 Å². The predicted molar refractivity (Wildman–Crippen MR) is 107 cm³/mol. The molecular weight excluding hydrogens is 354 g/mol. The Labute approximate surface area is 165 Å². The van der Waals surface area contributed by atoms with Crippen molar-refractivity contribution in [2.24, 2.45) is 0 Å².